The second-order valence-electron chi connectivity index (χ2n) is 5.67. The van der Waals surface area contributed by atoms with Crippen LogP contribution in [0.2, 0.25) is 0 Å². The lowest BCUT2D eigenvalue weighted by atomic mass is 9.93. The van der Waals surface area contributed by atoms with Crippen molar-refractivity contribution < 1.29 is 9.90 Å². The van der Waals surface area contributed by atoms with E-state index < -0.39 is 0 Å². The molecule has 0 bridgehead atoms. The highest BCUT2D eigenvalue weighted by Gasteiger charge is 2.25. The maximum Gasteiger partial charge on any atom is 0.315 e. The van der Waals surface area contributed by atoms with Crippen molar-refractivity contribution >= 4 is 17.4 Å². The Kier molecular flexibility index (Phi) is 5.30. The summed E-state index contributed by atoms with van der Waals surface area (Å²) in [5, 5.41) is 21.4. The van der Waals surface area contributed by atoms with Crippen molar-refractivity contribution in [3.05, 3.63) is 39.8 Å². The van der Waals surface area contributed by atoms with Crippen LogP contribution in [0.1, 0.15) is 35.0 Å². The van der Waals surface area contributed by atoms with E-state index in [9.17, 15) is 4.79 Å². The molecule has 0 unspecified atom stereocenters. The molecule has 0 spiro atoms. The lowest BCUT2D eigenvalue weighted by Gasteiger charge is -2.24. The summed E-state index contributed by atoms with van der Waals surface area (Å²) in [5.41, 5.74) is 2.22. The van der Waals surface area contributed by atoms with E-state index in [4.69, 9.17) is 5.11 Å². The van der Waals surface area contributed by atoms with Crippen LogP contribution >= 0.6 is 11.3 Å². The predicted octanol–water partition coefficient (Wildman–Crippen LogP) is 1.86. The molecule has 3 N–H and O–H groups in total. The van der Waals surface area contributed by atoms with Crippen LogP contribution in [0.3, 0.4) is 0 Å². The monoisotopic (exact) mass is 334 g/mol. The van der Waals surface area contributed by atoms with Crippen molar-refractivity contribution in [2.75, 3.05) is 13.2 Å². The highest BCUT2D eigenvalue weighted by atomic mass is 32.1. The van der Waals surface area contributed by atoms with E-state index in [1.54, 1.807) is 11.3 Å². The van der Waals surface area contributed by atoms with Gasteiger partial charge in [0.2, 0.25) is 0 Å². The number of carbonyl (C=O) groups is 1. The Morgan fingerprint density at radius 3 is 3.22 bits per heavy atom. The zero-order chi connectivity index (χ0) is 16.1. The topological polar surface area (TPSA) is 79.2 Å². The molecule has 1 aliphatic carbocycles. The highest BCUT2D eigenvalue weighted by Crippen LogP contribution is 2.29. The highest BCUT2D eigenvalue weighted by molar-refractivity contribution is 7.09. The first kappa shape index (κ1) is 16.0. The standard InChI is InChI=1S/C16H22N4O2S/c21-9-8-20-15-5-1-4-14(13(15)11-18-20)19-16(22)17-7-6-12-3-2-10-23-12/h2-3,10-11,14,21H,1,4-9H2,(H2,17,19,22)/t14-/m0/s1. The fourth-order valence-corrected chi connectivity index (χ4v) is 3.73. The number of fused-ring (bicyclic) bond motifs is 1. The largest absolute Gasteiger partial charge is 0.394 e. The summed E-state index contributed by atoms with van der Waals surface area (Å²) in [6, 6.07) is 3.98. The summed E-state index contributed by atoms with van der Waals surface area (Å²) in [4.78, 5) is 13.4. The van der Waals surface area contributed by atoms with Gasteiger partial charge in [-0.2, -0.15) is 5.10 Å². The molecular weight excluding hydrogens is 312 g/mol. The number of hydrogen-bond acceptors (Lipinski definition) is 4. The van der Waals surface area contributed by atoms with Crippen LogP contribution in [0.25, 0.3) is 0 Å². The van der Waals surface area contributed by atoms with Crippen molar-refractivity contribution in [3.63, 3.8) is 0 Å². The molecule has 2 aromatic rings. The molecule has 7 heteroatoms. The Morgan fingerprint density at radius 2 is 2.43 bits per heavy atom. The summed E-state index contributed by atoms with van der Waals surface area (Å²) >= 11 is 1.71. The molecule has 0 aliphatic heterocycles. The van der Waals surface area contributed by atoms with Crippen LogP contribution in [-0.2, 0) is 19.4 Å². The first-order valence-corrected chi connectivity index (χ1v) is 8.88. The van der Waals surface area contributed by atoms with Gasteiger partial charge in [-0.15, -0.1) is 11.3 Å². The summed E-state index contributed by atoms with van der Waals surface area (Å²) in [6.07, 6.45) is 5.57. The number of aliphatic hydroxyl groups is 1. The summed E-state index contributed by atoms with van der Waals surface area (Å²) in [5.74, 6) is 0. The quantitative estimate of drug-likeness (QED) is 0.754. The smallest absolute Gasteiger partial charge is 0.315 e. The minimum absolute atomic E-state index is 0.00734. The van der Waals surface area contributed by atoms with Crippen molar-refractivity contribution in [2.45, 2.75) is 38.3 Å². The lowest BCUT2D eigenvalue weighted by Crippen LogP contribution is -2.39. The van der Waals surface area contributed by atoms with Crippen LogP contribution in [0.4, 0.5) is 4.79 Å². The van der Waals surface area contributed by atoms with Crippen molar-refractivity contribution in [3.8, 4) is 0 Å². The number of rotatable bonds is 6. The molecule has 0 saturated carbocycles. The summed E-state index contributed by atoms with van der Waals surface area (Å²) in [6.45, 7) is 1.22. The number of thiophene rings is 1. The van der Waals surface area contributed by atoms with Crippen LogP contribution in [0.5, 0.6) is 0 Å². The molecule has 0 aromatic carbocycles. The zero-order valence-corrected chi connectivity index (χ0v) is 13.8. The van der Waals surface area contributed by atoms with Gasteiger partial charge in [-0.1, -0.05) is 6.07 Å². The van der Waals surface area contributed by atoms with Gasteiger partial charge in [0.25, 0.3) is 0 Å². The maximum absolute atomic E-state index is 12.1. The van der Waals surface area contributed by atoms with Gasteiger partial charge in [-0.05, 0) is 37.1 Å². The third-order valence-corrected chi connectivity index (χ3v) is 5.05. The van der Waals surface area contributed by atoms with Gasteiger partial charge in [0, 0.05) is 22.7 Å². The van der Waals surface area contributed by atoms with Crippen molar-refractivity contribution in [1.29, 1.82) is 0 Å². The second-order valence-corrected chi connectivity index (χ2v) is 6.70. The average molecular weight is 334 g/mol. The molecule has 124 valence electrons. The van der Waals surface area contributed by atoms with Crippen LogP contribution < -0.4 is 10.6 Å². The Labute approximate surface area is 139 Å². The molecule has 2 aromatic heterocycles. The van der Waals surface area contributed by atoms with E-state index in [-0.39, 0.29) is 18.7 Å². The third-order valence-electron chi connectivity index (χ3n) is 4.12. The van der Waals surface area contributed by atoms with E-state index in [1.807, 2.05) is 22.3 Å². The number of nitrogens with zero attached hydrogens (tertiary/aromatic N) is 2. The molecule has 6 nitrogen and oxygen atoms in total. The fraction of sp³-hybridized carbons (Fsp3) is 0.500. The van der Waals surface area contributed by atoms with Gasteiger partial charge in [0.1, 0.15) is 0 Å². The van der Waals surface area contributed by atoms with Crippen LogP contribution in [0, 0.1) is 0 Å². The Hall–Kier alpha value is -1.86. The fourth-order valence-electron chi connectivity index (χ4n) is 3.02. The molecule has 0 saturated heterocycles. The SMILES string of the molecule is O=C(NCCc1cccs1)N[C@H]1CCCc2c1cnn2CCO. The molecule has 0 radical (unpaired) electrons. The van der Waals surface area contributed by atoms with Gasteiger partial charge >= 0.3 is 6.03 Å². The van der Waals surface area contributed by atoms with Gasteiger partial charge in [-0.25, -0.2) is 4.79 Å². The molecule has 23 heavy (non-hydrogen) atoms. The Morgan fingerprint density at radius 1 is 1.52 bits per heavy atom. The lowest BCUT2D eigenvalue weighted by molar-refractivity contribution is 0.235. The normalized spacial score (nSPS) is 16.8. The minimum Gasteiger partial charge on any atom is -0.394 e. The predicted molar refractivity (Wildman–Crippen MR) is 89.5 cm³/mol. The third kappa shape index (κ3) is 3.92. The number of urea groups is 1. The average Bonchev–Trinajstić information content (AvgIpc) is 3.19. The number of aliphatic hydroxyl groups excluding tert-OH is 1. The molecular formula is C16H22N4O2S. The number of amides is 2. The molecule has 3 rings (SSSR count). The van der Waals surface area contributed by atoms with Gasteiger partial charge < -0.3 is 15.7 Å². The maximum atomic E-state index is 12.1. The van der Waals surface area contributed by atoms with Crippen molar-refractivity contribution in [2.24, 2.45) is 0 Å². The van der Waals surface area contributed by atoms with Gasteiger partial charge in [0.15, 0.2) is 0 Å². The number of carbonyl (C=O) groups excluding carboxylic acids is 1. The summed E-state index contributed by atoms with van der Waals surface area (Å²) < 4.78 is 1.85. The number of aromatic nitrogens is 2. The zero-order valence-electron chi connectivity index (χ0n) is 13.0. The van der Waals surface area contributed by atoms with Crippen molar-refractivity contribution in [1.82, 2.24) is 20.4 Å². The van der Waals surface area contributed by atoms with E-state index in [2.05, 4.69) is 21.8 Å². The Bertz CT molecular complexity index is 639. The van der Waals surface area contributed by atoms with E-state index >= 15 is 0 Å². The van der Waals surface area contributed by atoms with Crippen LogP contribution in [0.15, 0.2) is 23.7 Å². The van der Waals surface area contributed by atoms with Gasteiger partial charge in [0.05, 0.1) is 25.4 Å². The number of hydrogen-bond donors (Lipinski definition) is 3. The molecule has 0 fully saturated rings. The molecule has 2 heterocycles. The van der Waals surface area contributed by atoms with E-state index in [0.717, 1.165) is 36.9 Å². The minimum atomic E-state index is -0.130. The first-order valence-electron chi connectivity index (χ1n) is 8.00. The van der Waals surface area contributed by atoms with E-state index in [0.29, 0.717) is 13.1 Å². The molecule has 1 aliphatic rings. The molecule has 2 amide bonds. The molecule has 1 atom stereocenters. The first-order chi connectivity index (χ1) is 11.3. The van der Waals surface area contributed by atoms with E-state index in [1.165, 1.54) is 4.88 Å². The Balaban J connectivity index is 1.53. The van der Waals surface area contributed by atoms with Gasteiger partial charge in [-0.3, -0.25) is 4.68 Å². The van der Waals surface area contributed by atoms with Crippen LogP contribution in [-0.4, -0.2) is 34.1 Å². The summed E-state index contributed by atoms with van der Waals surface area (Å²) in [7, 11) is 0. The second kappa shape index (κ2) is 7.61. The number of nitrogens with one attached hydrogen (secondary N) is 2.